The summed E-state index contributed by atoms with van der Waals surface area (Å²) >= 11 is 0. The Morgan fingerprint density at radius 2 is 1.88 bits per heavy atom. The molecule has 4 rings (SSSR count). The molecule has 0 radical (unpaired) electrons. The number of rotatable bonds is 4. The van der Waals surface area contributed by atoms with Gasteiger partial charge in [-0.1, -0.05) is 48.5 Å². The standard InChI is InChI=1S/C21H25N3/c1-24-12-11-18(22-15-16-7-3-2-4-8-16)14-21(24)20-13-17-9-5-6-10-19(17)23-20/h2-10,13,18,21-23H,11-12,14-15H2,1H3/t18?,21-/m1/s1. The van der Waals surface area contributed by atoms with Gasteiger partial charge >= 0.3 is 0 Å². The number of hydrogen-bond donors (Lipinski definition) is 2. The first-order chi connectivity index (χ1) is 11.8. The lowest BCUT2D eigenvalue weighted by Crippen LogP contribution is -2.42. The van der Waals surface area contributed by atoms with Crippen LogP contribution in [0.2, 0.25) is 0 Å². The summed E-state index contributed by atoms with van der Waals surface area (Å²) in [6, 6.07) is 22.6. The third-order valence-electron chi connectivity index (χ3n) is 5.22. The first-order valence-electron chi connectivity index (χ1n) is 8.85. The van der Waals surface area contributed by atoms with Crippen molar-refractivity contribution in [1.29, 1.82) is 0 Å². The molecule has 2 heterocycles. The molecule has 1 aliphatic heterocycles. The Morgan fingerprint density at radius 3 is 2.71 bits per heavy atom. The van der Waals surface area contributed by atoms with Crippen LogP contribution in [0.25, 0.3) is 10.9 Å². The zero-order valence-corrected chi connectivity index (χ0v) is 14.2. The van der Waals surface area contributed by atoms with E-state index in [2.05, 4.69) is 82.9 Å². The van der Waals surface area contributed by atoms with Gasteiger partial charge in [-0.3, -0.25) is 4.90 Å². The summed E-state index contributed by atoms with van der Waals surface area (Å²) in [6.45, 7) is 2.08. The molecule has 1 unspecified atom stereocenters. The van der Waals surface area contributed by atoms with Crippen LogP contribution in [0.3, 0.4) is 0 Å². The molecule has 0 bridgehead atoms. The van der Waals surface area contributed by atoms with E-state index in [0.29, 0.717) is 12.1 Å². The molecule has 3 heteroatoms. The zero-order chi connectivity index (χ0) is 16.4. The number of benzene rings is 2. The maximum Gasteiger partial charge on any atom is 0.0510 e. The SMILES string of the molecule is CN1CCC(NCc2ccccc2)C[C@@H]1c1cc2ccccc2[nH]1. The van der Waals surface area contributed by atoms with Crippen LogP contribution in [0.1, 0.15) is 30.1 Å². The molecule has 0 spiro atoms. The van der Waals surface area contributed by atoms with E-state index in [4.69, 9.17) is 0 Å². The zero-order valence-electron chi connectivity index (χ0n) is 14.2. The van der Waals surface area contributed by atoms with Crippen LogP contribution in [0, 0.1) is 0 Å². The highest BCUT2D eigenvalue weighted by Crippen LogP contribution is 2.31. The van der Waals surface area contributed by atoms with Crippen LogP contribution < -0.4 is 5.32 Å². The second kappa shape index (κ2) is 6.80. The van der Waals surface area contributed by atoms with Gasteiger partial charge in [0.1, 0.15) is 0 Å². The van der Waals surface area contributed by atoms with Crippen LogP contribution in [0.4, 0.5) is 0 Å². The van der Waals surface area contributed by atoms with Crippen molar-refractivity contribution in [3.63, 3.8) is 0 Å². The first-order valence-corrected chi connectivity index (χ1v) is 8.85. The molecular weight excluding hydrogens is 294 g/mol. The number of nitrogens with zero attached hydrogens (tertiary/aromatic N) is 1. The summed E-state index contributed by atoms with van der Waals surface area (Å²) in [5.74, 6) is 0. The van der Waals surface area contributed by atoms with Gasteiger partial charge in [-0.05, 0) is 49.5 Å². The van der Waals surface area contributed by atoms with Crippen LogP contribution in [-0.4, -0.2) is 29.5 Å². The Balaban J connectivity index is 1.46. The Morgan fingerprint density at radius 1 is 1.08 bits per heavy atom. The summed E-state index contributed by atoms with van der Waals surface area (Å²) in [5.41, 5.74) is 3.93. The van der Waals surface area contributed by atoms with Crippen molar-refractivity contribution in [1.82, 2.24) is 15.2 Å². The molecule has 0 amide bonds. The second-order valence-corrected chi connectivity index (χ2v) is 6.90. The number of fused-ring (bicyclic) bond motifs is 1. The van der Waals surface area contributed by atoms with Crippen molar-refractivity contribution >= 4 is 10.9 Å². The van der Waals surface area contributed by atoms with Gasteiger partial charge in [-0.25, -0.2) is 0 Å². The molecule has 1 aliphatic rings. The van der Waals surface area contributed by atoms with E-state index in [1.165, 1.54) is 28.6 Å². The fourth-order valence-electron chi connectivity index (χ4n) is 3.77. The van der Waals surface area contributed by atoms with E-state index < -0.39 is 0 Å². The summed E-state index contributed by atoms with van der Waals surface area (Å²) in [5, 5.41) is 5.06. The highest BCUT2D eigenvalue weighted by molar-refractivity contribution is 5.80. The molecule has 2 atom stereocenters. The molecule has 2 N–H and O–H groups in total. The normalized spacial score (nSPS) is 22.0. The Bertz CT molecular complexity index is 760. The highest BCUT2D eigenvalue weighted by Gasteiger charge is 2.28. The number of piperidine rings is 1. The predicted molar refractivity (Wildman–Crippen MR) is 100.0 cm³/mol. The minimum atomic E-state index is 0.458. The van der Waals surface area contributed by atoms with Crippen LogP contribution in [-0.2, 0) is 6.54 Å². The molecule has 1 aromatic heterocycles. The number of aromatic amines is 1. The Kier molecular flexibility index (Phi) is 4.37. The summed E-state index contributed by atoms with van der Waals surface area (Å²) in [7, 11) is 2.24. The van der Waals surface area contributed by atoms with Crippen molar-refractivity contribution in [2.45, 2.75) is 31.5 Å². The van der Waals surface area contributed by atoms with Gasteiger partial charge < -0.3 is 10.3 Å². The maximum absolute atomic E-state index is 3.75. The number of hydrogen-bond acceptors (Lipinski definition) is 2. The maximum atomic E-state index is 3.75. The fraction of sp³-hybridized carbons (Fsp3) is 0.333. The molecule has 1 saturated heterocycles. The Labute approximate surface area is 143 Å². The van der Waals surface area contributed by atoms with Gasteiger partial charge in [0, 0.05) is 23.8 Å². The first kappa shape index (κ1) is 15.4. The van der Waals surface area contributed by atoms with Crippen LogP contribution in [0.5, 0.6) is 0 Å². The Hall–Kier alpha value is -2.10. The molecule has 0 saturated carbocycles. The van der Waals surface area contributed by atoms with Crippen molar-refractivity contribution in [2.75, 3.05) is 13.6 Å². The lowest BCUT2D eigenvalue weighted by atomic mass is 9.95. The molecule has 1 fully saturated rings. The van der Waals surface area contributed by atoms with Gasteiger partial charge in [-0.15, -0.1) is 0 Å². The average molecular weight is 319 g/mol. The van der Waals surface area contributed by atoms with Crippen LogP contribution >= 0.6 is 0 Å². The van der Waals surface area contributed by atoms with Crippen LogP contribution in [0.15, 0.2) is 60.7 Å². The van der Waals surface area contributed by atoms with E-state index in [1.54, 1.807) is 0 Å². The molecular formula is C21H25N3. The third kappa shape index (κ3) is 3.23. The van der Waals surface area contributed by atoms with E-state index >= 15 is 0 Å². The number of para-hydroxylation sites is 1. The summed E-state index contributed by atoms with van der Waals surface area (Å²) in [6.07, 6.45) is 2.36. The number of H-pyrrole nitrogens is 1. The monoisotopic (exact) mass is 319 g/mol. The van der Waals surface area contributed by atoms with Gasteiger partial charge in [0.25, 0.3) is 0 Å². The van der Waals surface area contributed by atoms with Crippen molar-refractivity contribution in [3.05, 3.63) is 71.9 Å². The predicted octanol–water partition coefficient (Wildman–Crippen LogP) is 4.09. The minimum Gasteiger partial charge on any atom is -0.357 e. The molecule has 24 heavy (non-hydrogen) atoms. The quantitative estimate of drug-likeness (QED) is 0.759. The second-order valence-electron chi connectivity index (χ2n) is 6.90. The molecule has 0 aliphatic carbocycles. The minimum absolute atomic E-state index is 0.458. The van der Waals surface area contributed by atoms with Crippen molar-refractivity contribution in [2.24, 2.45) is 0 Å². The highest BCUT2D eigenvalue weighted by atomic mass is 15.2. The smallest absolute Gasteiger partial charge is 0.0510 e. The fourth-order valence-corrected chi connectivity index (χ4v) is 3.77. The molecule has 3 nitrogen and oxygen atoms in total. The molecule has 124 valence electrons. The molecule has 2 aromatic carbocycles. The topological polar surface area (TPSA) is 31.1 Å². The largest absolute Gasteiger partial charge is 0.357 e. The van der Waals surface area contributed by atoms with E-state index in [0.717, 1.165) is 19.5 Å². The van der Waals surface area contributed by atoms with E-state index in [-0.39, 0.29) is 0 Å². The van der Waals surface area contributed by atoms with Gasteiger partial charge in [0.2, 0.25) is 0 Å². The summed E-state index contributed by atoms with van der Waals surface area (Å²) in [4.78, 5) is 6.10. The average Bonchev–Trinajstić information content (AvgIpc) is 3.06. The third-order valence-corrected chi connectivity index (χ3v) is 5.22. The van der Waals surface area contributed by atoms with Crippen molar-refractivity contribution in [3.8, 4) is 0 Å². The number of nitrogens with one attached hydrogen (secondary N) is 2. The van der Waals surface area contributed by atoms with Gasteiger partial charge in [-0.2, -0.15) is 0 Å². The lowest BCUT2D eigenvalue weighted by Gasteiger charge is -2.37. The lowest BCUT2D eigenvalue weighted by molar-refractivity contribution is 0.153. The van der Waals surface area contributed by atoms with Gasteiger partial charge in [0.15, 0.2) is 0 Å². The van der Waals surface area contributed by atoms with E-state index in [1.807, 2.05) is 0 Å². The molecule has 3 aromatic rings. The number of aromatic nitrogens is 1. The number of likely N-dealkylation sites (tertiary alicyclic amines) is 1. The van der Waals surface area contributed by atoms with Gasteiger partial charge in [0.05, 0.1) is 6.04 Å². The van der Waals surface area contributed by atoms with Crippen molar-refractivity contribution < 1.29 is 0 Å². The van der Waals surface area contributed by atoms with E-state index in [9.17, 15) is 0 Å². The summed E-state index contributed by atoms with van der Waals surface area (Å²) < 4.78 is 0.